The molecule has 0 radical (unpaired) electrons. The van der Waals surface area contributed by atoms with E-state index in [-0.39, 0.29) is 11.6 Å². The highest BCUT2D eigenvalue weighted by atomic mass is 19.1. The van der Waals surface area contributed by atoms with Crippen LogP contribution in [0.1, 0.15) is 12.5 Å². The molecule has 0 saturated heterocycles. The van der Waals surface area contributed by atoms with Crippen LogP contribution in [0.5, 0.6) is 0 Å². The summed E-state index contributed by atoms with van der Waals surface area (Å²) in [4.78, 5) is 14.9. The maximum atomic E-state index is 13.4. The average Bonchev–Trinajstić information content (AvgIpc) is 2.40. The van der Waals surface area contributed by atoms with Crippen molar-refractivity contribution in [3.05, 3.63) is 54.1 Å². The standard InChI is InChI=1S/C14H14FN3O/c1-10(19)18-14-8-12(2-3-13(14)15)17-9-11-4-6-16-7-5-11/h2-8,17H,9H2,1H3,(H,18,19). The monoisotopic (exact) mass is 259 g/mol. The maximum absolute atomic E-state index is 13.4. The van der Waals surface area contributed by atoms with Crippen molar-refractivity contribution in [2.24, 2.45) is 0 Å². The van der Waals surface area contributed by atoms with Gasteiger partial charge in [0.1, 0.15) is 5.82 Å². The van der Waals surface area contributed by atoms with Crippen LogP contribution in [0.15, 0.2) is 42.7 Å². The lowest BCUT2D eigenvalue weighted by atomic mass is 10.2. The number of nitrogens with one attached hydrogen (secondary N) is 2. The molecule has 1 aromatic heterocycles. The minimum absolute atomic E-state index is 0.173. The molecule has 0 aliphatic rings. The zero-order valence-electron chi connectivity index (χ0n) is 10.5. The minimum atomic E-state index is -0.454. The molecule has 19 heavy (non-hydrogen) atoms. The number of rotatable bonds is 4. The number of hydrogen-bond acceptors (Lipinski definition) is 3. The number of nitrogens with zero attached hydrogens (tertiary/aromatic N) is 1. The molecular formula is C14H14FN3O. The topological polar surface area (TPSA) is 54.0 Å². The van der Waals surface area contributed by atoms with E-state index in [2.05, 4.69) is 15.6 Å². The Hall–Kier alpha value is -2.43. The first-order chi connectivity index (χ1) is 9.15. The number of carbonyl (C=O) groups is 1. The van der Waals surface area contributed by atoms with E-state index in [0.29, 0.717) is 6.54 Å². The first-order valence-electron chi connectivity index (χ1n) is 5.85. The van der Waals surface area contributed by atoms with Crippen molar-refractivity contribution in [2.75, 3.05) is 10.6 Å². The van der Waals surface area contributed by atoms with Crippen molar-refractivity contribution in [2.45, 2.75) is 13.5 Å². The van der Waals surface area contributed by atoms with Gasteiger partial charge in [0.25, 0.3) is 0 Å². The van der Waals surface area contributed by atoms with E-state index in [1.165, 1.54) is 13.0 Å². The summed E-state index contributed by atoms with van der Waals surface area (Å²) in [7, 11) is 0. The molecular weight excluding hydrogens is 245 g/mol. The number of anilines is 2. The Kier molecular flexibility index (Phi) is 4.07. The summed E-state index contributed by atoms with van der Waals surface area (Å²) in [5, 5.41) is 5.60. The number of benzene rings is 1. The summed E-state index contributed by atoms with van der Waals surface area (Å²) in [5.74, 6) is -0.755. The third-order valence-electron chi connectivity index (χ3n) is 2.52. The van der Waals surface area contributed by atoms with Gasteiger partial charge in [0.15, 0.2) is 0 Å². The third kappa shape index (κ3) is 3.77. The highest BCUT2D eigenvalue weighted by Gasteiger charge is 2.05. The molecule has 2 N–H and O–H groups in total. The van der Waals surface area contributed by atoms with Crippen molar-refractivity contribution in [3.8, 4) is 0 Å². The van der Waals surface area contributed by atoms with Crippen molar-refractivity contribution in [1.29, 1.82) is 0 Å². The van der Waals surface area contributed by atoms with E-state index >= 15 is 0 Å². The summed E-state index contributed by atoms with van der Waals surface area (Å²) in [6.45, 7) is 1.95. The van der Waals surface area contributed by atoms with E-state index in [1.807, 2.05) is 12.1 Å². The summed E-state index contributed by atoms with van der Waals surface area (Å²) in [6.07, 6.45) is 3.43. The Bertz CT molecular complexity index is 572. The first-order valence-corrected chi connectivity index (χ1v) is 5.85. The van der Waals surface area contributed by atoms with Crippen LogP contribution in [-0.2, 0) is 11.3 Å². The van der Waals surface area contributed by atoms with Crippen LogP contribution in [0.4, 0.5) is 15.8 Å². The number of carbonyl (C=O) groups excluding carboxylic acids is 1. The molecule has 0 spiro atoms. The Labute approximate surface area is 110 Å². The lowest BCUT2D eigenvalue weighted by molar-refractivity contribution is -0.114. The molecule has 1 heterocycles. The number of pyridine rings is 1. The van der Waals surface area contributed by atoms with Gasteiger partial charge in [0.05, 0.1) is 5.69 Å². The van der Waals surface area contributed by atoms with Gasteiger partial charge in [-0.2, -0.15) is 0 Å². The predicted molar refractivity (Wildman–Crippen MR) is 72.3 cm³/mol. The van der Waals surface area contributed by atoms with E-state index in [4.69, 9.17) is 0 Å². The van der Waals surface area contributed by atoms with Crippen LogP contribution in [0.3, 0.4) is 0 Å². The molecule has 0 bridgehead atoms. The molecule has 0 fully saturated rings. The van der Waals surface area contributed by atoms with Gasteiger partial charge in [0.2, 0.25) is 5.91 Å². The zero-order valence-corrected chi connectivity index (χ0v) is 10.5. The number of aromatic nitrogens is 1. The molecule has 5 heteroatoms. The molecule has 0 atom stereocenters. The normalized spacial score (nSPS) is 10.0. The van der Waals surface area contributed by atoms with E-state index in [9.17, 15) is 9.18 Å². The van der Waals surface area contributed by atoms with Crippen LogP contribution in [0, 0.1) is 5.82 Å². The fraction of sp³-hybridized carbons (Fsp3) is 0.143. The second kappa shape index (κ2) is 5.95. The van der Waals surface area contributed by atoms with Gasteiger partial charge >= 0.3 is 0 Å². The van der Waals surface area contributed by atoms with Crippen LogP contribution in [0.25, 0.3) is 0 Å². The summed E-state index contributed by atoms with van der Waals surface area (Å²) in [5.41, 5.74) is 1.98. The van der Waals surface area contributed by atoms with E-state index in [0.717, 1.165) is 11.3 Å². The average molecular weight is 259 g/mol. The van der Waals surface area contributed by atoms with Crippen molar-refractivity contribution >= 4 is 17.3 Å². The third-order valence-corrected chi connectivity index (χ3v) is 2.52. The van der Waals surface area contributed by atoms with Gasteiger partial charge < -0.3 is 10.6 Å². The SMILES string of the molecule is CC(=O)Nc1cc(NCc2ccncc2)ccc1F. The zero-order chi connectivity index (χ0) is 13.7. The van der Waals surface area contributed by atoms with Gasteiger partial charge in [-0.15, -0.1) is 0 Å². The number of amides is 1. The summed E-state index contributed by atoms with van der Waals surface area (Å²) >= 11 is 0. The summed E-state index contributed by atoms with van der Waals surface area (Å²) in [6, 6.07) is 8.30. The molecule has 0 aliphatic carbocycles. The van der Waals surface area contributed by atoms with Crippen LogP contribution < -0.4 is 10.6 Å². The highest BCUT2D eigenvalue weighted by molar-refractivity contribution is 5.89. The maximum Gasteiger partial charge on any atom is 0.221 e. The lowest BCUT2D eigenvalue weighted by Gasteiger charge is -2.09. The second-order valence-electron chi connectivity index (χ2n) is 4.08. The summed E-state index contributed by atoms with van der Waals surface area (Å²) < 4.78 is 13.4. The largest absolute Gasteiger partial charge is 0.381 e. The predicted octanol–water partition coefficient (Wildman–Crippen LogP) is 2.79. The molecule has 1 amide bonds. The number of halogens is 1. The van der Waals surface area contributed by atoms with E-state index in [1.54, 1.807) is 24.5 Å². The molecule has 4 nitrogen and oxygen atoms in total. The van der Waals surface area contributed by atoms with Gasteiger partial charge in [-0.1, -0.05) is 0 Å². The van der Waals surface area contributed by atoms with E-state index < -0.39 is 5.82 Å². The Morgan fingerprint density at radius 3 is 2.68 bits per heavy atom. The van der Waals surface area contributed by atoms with Crippen molar-refractivity contribution in [3.63, 3.8) is 0 Å². The molecule has 2 rings (SSSR count). The van der Waals surface area contributed by atoms with Crippen molar-refractivity contribution in [1.82, 2.24) is 4.98 Å². The quantitative estimate of drug-likeness (QED) is 0.887. The fourth-order valence-electron chi connectivity index (χ4n) is 1.63. The molecule has 1 aromatic carbocycles. The molecule has 0 aliphatic heterocycles. The second-order valence-corrected chi connectivity index (χ2v) is 4.08. The van der Waals surface area contributed by atoms with Crippen molar-refractivity contribution < 1.29 is 9.18 Å². The minimum Gasteiger partial charge on any atom is -0.381 e. The lowest BCUT2D eigenvalue weighted by Crippen LogP contribution is -2.08. The molecule has 2 aromatic rings. The van der Waals surface area contributed by atoms with Gasteiger partial charge in [-0.3, -0.25) is 9.78 Å². The van der Waals surface area contributed by atoms with Gasteiger partial charge in [-0.25, -0.2) is 4.39 Å². The molecule has 98 valence electrons. The smallest absolute Gasteiger partial charge is 0.221 e. The van der Waals surface area contributed by atoms with Gasteiger partial charge in [0, 0.05) is 31.5 Å². The Balaban J connectivity index is 2.06. The highest BCUT2D eigenvalue weighted by Crippen LogP contribution is 2.20. The first kappa shape index (κ1) is 13.0. The Morgan fingerprint density at radius 1 is 1.26 bits per heavy atom. The van der Waals surface area contributed by atoms with Crippen LogP contribution in [0.2, 0.25) is 0 Å². The fourth-order valence-corrected chi connectivity index (χ4v) is 1.63. The molecule has 0 unspecified atom stereocenters. The van der Waals surface area contributed by atoms with Crippen LogP contribution in [-0.4, -0.2) is 10.9 Å². The number of hydrogen-bond donors (Lipinski definition) is 2. The molecule has 0 saturated carbocycles. The van der Waals surface area contributed by atoms with Crippen LogP contribution >= 0.6 is 0 Å². The van der Waals surface area contributed by atoms with Gasteiger partial charge in [-0.05, 0) is 35.9 Å². The Morgan fingerprint density at radius 2 is 2.00 bits per heavy atom.